The molecule has 2 unspecified atom stereocenters. The Morgan fingerprint density at radius 2 is 1.83 bits per heavy atom. The second-order valence-electron chi connectivity index (χ2n) is 6.05. The van der Waals surface area contributed by atoms with E-state index in [1.165, 1.54) is 37.7 Å². The third-order valence-electron chi connectivity index (χ3n) is 4.11. The first-order chi connectivity index (χ1) is 10.7. The van der Waals surface area contributed by atoms with Gasteiger partial charge in [-0.2, -0.15) is 0 Å². The molecule has 0 spiro atoms. The minimum Gasteiger partial charge on any atom is -1.00 e. The molecule has 0 N–H and O–H groups in total. The second kappa shape index (κ2) is 12.0. The van der Waals surface area contributed by atoms with E-state index >= 15 is 0 Å². The first-order valence-corrected chi connectivity index (χ1v) is 9.84. The summed E-state index contributed by atoms with van der Waals surface area (Å²) >= 11 is 0. The maximum absolute atomic E-state index is 12.3. The fraction of sp³-hybridized carbons (Fsp3) is 0.667. The van der Waals surface area contributed by atoms with E-state index in [0.29, 0.717) is 6.79 Å². The number of fused-ring (bicyclic) bond motifs is 1. The zero-order chi connectivity index (χ0) is 15.8. The molecule has 2 atom stereocenters. The average Bonchev–Trinajstić information content (AvgIpc) is 2.98. The van der Waals surface area contributed by atoms with E-state index in [1.54, 1.807) is 0 Å². The average molecular weight is 464 g/mol. The van der Waals surface area contributed by atoms with Crippen molar-refractivity contribution in [2.75, 3.05) is 12.5 Å². The summed E-state index contributed by atoms with van der Waals surface area (Å²) in [5.74, 6) is 2.45. The van der Waals surface area contributed by atoms with Crippen molar-refractivity contribution in [3.8, 4) is 11.5 Å². The first kappa shape index (κ1) is 21.6. The van der Waals surface area contributed by atoms with Crippen molar-refractivity contribution in [1.29, 1.82) is 0 Å². The predicted octanol–water partition coefficient (Wildman–Crippen LogP) is 4.30. The Kier molecular flexibility index (Phi) is 11.2. The molecule has 1 heterocycles. The Morgan fingerprint density at radius 3 is 2.61 bits per heavy atom. The van der Waals surface area contributed by atoms with E-state index in [1.807, 2.05) is 18.2 Å². The monoisotopic (exact) mass is 464 g/mol. The van der Waals surface area contributed by atoms with Crippen molar-refractivity contribution in [1.82, 2.24) is 0 Å². The van der Waals surface area contributed by atoms with Crippen molar-refractivity contribution in [3.05, 3.63) is 23.8 Å². The maximum Gasteiger partial charge on any atom is 2.00 e. The molecule has 23 heavy (non-hydrogen) atoms. The third kappa shape index (κ3) is 7.53. The molecule has 0 radical (unpaired) electrons. The van der Waals surface area contributed by atoms with Gasteiger partial charge in [0.1, 0.15) is 0 Å². The Morgan fingerprint density at radius 1 is 1.13 bits per heavy atom. The van der Waals surface area contributed by atoms with Gasteiger partial charge in [-0.05, 0) is 30.5 Å². The number of hydrogen-bond acceptors (Lipinski definition) is 3. The van der Waals surface area contributed by atoms with Gasteiger partial charge in [0.2, 0.25) is 6.79 Å². The fourth-order valence-electron chi connectivity index (χ4n) is 2.72. The summed E-state index contributed by atoms with van der Waals surface area (Å²) in [6.07, 6.45) is 8.32. The van der Waals surface area contributed by atoms with Gasteiger partial charge < -0.3 is 12.3 Å². The molecule has 0 bridgehead atoms. The molecule has 2 rings (SSSR count). The number of hydrogen-bond donors (Lipinski definition) is 0. The Balaban J connectivity index is 0. The molecule has 5 heteroatoms. The van der Waals surface area contributed by atoms with Crippen molar-refractivity contribution < 1.29 is 16.5 Å². The molecule has 0 fully saturated rings. The SMILES string of the molecule is CCCCCCCCS(=O)C(C)Cc1ccc2c(c1)OCO2.[Ba+2].[H-].[H-]. The van der Waals surface area contributed by atoms with Gasteiger partial charge in [0.25, 0.3) is 0 Å². The van der Waals surface area contributed by atoms with E-state index in [9.17, 15) is 4.21 Å². The Bertz CT molecular complexity index is 503. The molecule has 0 amide bonds. The van der Waals surface area contributed by atoms with Gasteiger partial charge in [-0.15, -0.1) is 0 Å². The molecule has 0 aromatic heterocycles. The van der Waals surface area contributed by atoms with Gasteiger partial charge in [-0.3, -0.25) is 4.21 Å². The number of unbranched alkanes of at least 4 members (excludes halogenated alkanes) is 5. The zero-order valence-electron chi connectivity index (χ0n) is 16.5. The maximum atomic E-state index is 12.3. The van der Waals surface area contributed by atoms with Gasteiger partial charge in [-0.25, -0.2) is 0 Å². The van der Waals surface area contributed by atoms with Crippen molar-refractivity contribution in [2.45, 2.75) is 64.0 Å². The van der Waals surface area contributed by atoms with Crippen LogP contribution in [0.2, 0.25) is 0 Å². The third-order valence-corrected chi connectivity index (χ3v) is 5.86. The van der Waals surface area contributed by atoms with Crippen LogP contribution in [-0.4, -0.2) is 70.9 Å². The van der Waals surface area contributed by atoms with Crippen LogP contribution >= 0.6 is 0 Å². The first-order valence-electron chi connectivity index (χ1n) is 8.46. The zero-order valence-corrected chi connectivity index (χ0v) is 19.8. The van der Waals surface area contributed by atoms with Crippen LogP contribution in [0.1, 0.15) is 60.8 Å². The summed E-state index contributed by atoms with van der Waals surface area (Å²) in [7, 11) is -0.743. The molecule has 0 saturated carbocycles. The van der Waals surface area contributed by atoms with E-state index in [-0.39, 0.29) is 57.0 Å². The topological polar surface area (TPSA) is 35.5 Å². The van der Waals surface area contributed by atoms with Gasteiger partial charge in [0.05, 0.1) is 0 Å². The second-order valence-corrected chi connectivity index (χ2v) is 8.03. The molecule has 1 aliphatic heterocycles. The number of benzene rings is 1. The molecule has 0 saturated heterocycles. The van der Waals surface area contributed by atoms with E-state index < -0.39 is 10.8 Å². The minimum atomic E-state index is -0.743. The van der Waals surface area contributed by atoms with Gasteiger partial charge in [0, 0.05) is 21.8 Å². The summed E-state index contributed by atoms with van der Waals surface area (Å²) < 4.78 is 23.0. The molecule has 1 aliphatic rings. The van der Waals surface area contributed by atoms with Crippen LogP contribution in [0.5, 0.6) is 11.5 Å². The number of ether oxygens (including phenoxy) is 2. The Labute approximate surface area is 186 Å². The standard InChI is InChI=1S/C18H28O3S.Ba.2H/c1-3-4-5-6-7-8-11-22(19)15(2)12-16-9-10-17-18(13-16)21-14-20-17;;;/h9-10,13,15H,3-8,11-12,14H2,1-2H3;;;/q;+2;2*-1. The van der Waals surface area contributed by atoms with E-state index in [2.05, 4.69) is 13.8 Å². The fourth-order valence-corrected chi connectivity index (χ4v) is 3.99. The van der Waals surface area contributed by atoms with E-state index in [0.717, 1.165) is 30.1 Å². The van der Waals surface area contributed by atoms with Crippen molar-refractivity contribution >= 4 is 59.7 Å². The van der Waals surface area contributed by atoms with Crippen LogP contribution in [0.15, 0.2) is 18.2 Å². The van der Waals surface area contributed by atoms with Crippen LogP contribution in [0, 0.1) is 0 Å². The minimum absolute atomic E-state index is 0. The van der Waals surface area contributed by atoms with Gasteiger partial charge in [-0.1, -0.05) is 52.0 Å². The summed E-state index contributed by atoms with van der Waals surface area (Å²) in [6, 6.07) is 6.01. The molecule has 3 nitrogen and oxygen atoms in total. The van der Waals surface area contributed by atoms with Crippen LogP contribution in [0.3, 0.4) is 0 Å². The smallest absolute Gasteiger partial charge is 1.00 e. The Hall–Kier alpha value is 0.541. The predicted molar refractivity (Wildman–Crippen MR) is 100 cm³/mol. The summed E-state index contributed by atoms with van der Waals surface area (Å²) in [6.45, 7) is 4.61. The normalized spacial score (nSPS) is 15.0. The molecule has 0 aliphatic carbocycles. The quantitative estimate of drug-likeness (QED) is 0.383. The van der Waals surface area contributed by atoms with Gasteiger partial charge >= 0.3 is 48.9 Å². The number of rotatable bonds is 10. The van der Waals surface area contributed by atoms with Crippen LogP contribution < -0.4 is 9.47 Å². The van der Waals surface area contributed by atoms with Gasteiger partial charge in [0.15, 0.2) is 11.5 Å². The summed E-state index contributed by atoms with van der Waals surface area (Å²) in [4.78, 5) is 0. The molecule has 128 valence electrons. The molecular weight excluding hydrogens is 434 g/mol. The van der Waals surface area contributed by atoms with Crippen LogP contribution in [0.4, 0.5) is 0 Å². The molecule has 1 aromatic rings. The van der Waals surface area contributed by atoms with Crippen LogP contribution in [-0.2, 0) is 17.2 Å². The summed E-state index contributed by atoms with van der Waals surface area (Å²) in [5.41, 5.74) is 1.17. The molecule has 1 aromatic carbocycles. The van der Waals surface area contributed by atoms with E-state index in [4.69, 9.17) is 9.47 Å². The summed E-state index contributed by atoms with van der Waals surface area (Å²) in [5, 5.41) is 0.191. The molecular formula is C18H30BaO3S. The van der Waals surface area contributed by atoms with Crippen molar-refractivity contribution in [3.63, 3.8) is 0 Å². The van der Waals surface area contributed by atoms with Crippen molar-refractivity contribution in [2.24, 2.45) is 0 Å². The largest absolute Gasteiger partial charge is 2.00 e. The van der Waals surface area contributed by atoms with Crippen LogP contribution in [0.25, 0.3) is 0 Å².